The number of hydrogen-bond donors (Lipinski definition) is 1. The Morgan fingerprint density at radius 1 is 1.05 bits per heavy atom. The molecule has 1 amide bonds. The first-order valence-corrected chi connectivity index (χ1v) is 7.95. The normalized spacial score (nSPS) is 28.0. The molecule has 0 spiro atoms. The van der Waals surface area contributed by atoms with Crippen LogP contribution in [0.3, 0.4) is 0 Å². The lowest BCUT2D eigenvalue weighted by molar-refractivity contribution is 0.0310. The van der Waals surface area contributed by atoms with Gasteiger partial charge in [0, 0.05) is 11.3 Å². The zero-order chi connectivity index (χ0) is 16.3. The maximum absolute atomic E-state index is 12.0. The van der Waals surface area contributed by atoms with E-state index < -0.39 is 6.09 Å². The number of amides is 1. The fourth-order valence-electron chi connectivity index (χ4n) is 3.10. The van der Waals surface area contributed by atoms with Gasteiger partial charge in [-0.05, 0) is 61.8 Å². The lowest BCUT2D eigenvalue weighted by Gasteiger charge is -2.36. The van der Waals surface area contributed by atoms with Crippen LogP contribution in [0.5, 0.6) is 0 Å². The zero-order valence-electron chi connectivity index (χ0n) is 13.8. The monoisotopic (exact) mass is 303 g/mol. The standard InChI is InChI=1S/C18H25NO3/c1-11-9-17(10-12(2)13(11)3)22-18(21)19-16-7-5-15(6-8-16)14(4)20/h5-8,11-13,17H,9-10H2,1-4H3,(H,19,21). The van der Waals surface area contributed by atoms with Crippen molar-refractivity contribution in [1.82, 2.24) is 0 Å². The molecule has 1 aromatic carbocycles. The Bertz CT molecular complexity index is 526. The second-order valence-corrected chi connectivity index (χ2v) is 6.57. The Morgan fingerprint density at radius 2 is 1.59 bits per heavy atom. The van der Waals surface area contributed by atoms with Crippen molar-refractivity contribution in [3.63, 3.8) is 0 Å². The molecule has 1 aromatic rings. The highest BCUT2D eigenvalue weighted by Crippen LogP contribution is 2.35. The van der Waals surface area contributed by atoms with Gasteiger partial charge in [-0.1, -0.05) is 20.8 Å². The third kappa shape index (κ3) is 4.09. The smallest absolute Gasteiger partial charge is 0.411 e. The van der Waals surface area contributed by atoms with E-state index in [-0.39, 0.29) is 11.9 Å². The van der Waals surface area contributed by atoms with E-state index in [9.17, 15) is 9.59 Å². The van der Waals surface area contributed by atoms with Gasteiger partial charge in [0.1, 0.15) is 6.10 Å². The van der Waals surface area contributed by atoms with Crippen LogP contribution in [0.15, 0.2) is 24.3 Å². The molecule has 2 atom stereocenters. The number of rotatable bonds is 3. The summed E-state index contributed by atoms with van der Waals surface area (Å²) in [5.74, 6) is 1.81. The average molecular weight is 303 g/mol. The first kappa shape index (κ1) is 16.5. The van der Waals surface area contributed by atoms with Crippen LogP contribution >= 0.6 is 0 Å². The van der Waals surface area contributed by atoms with Crippen molar-refractivity contribution >= 4 is 17.6 Å². The lowest BCUT2D eigenvalue weighted by atomic mass is 9.73. The largest absolute Gasteiger partial charge is 0.446 e. The minimum Gasteiger partial charge on any atom is -0.446 e. The van der Waals surface area contributed by atoms with Crippen molar-refractivity contribution in [2.24, 2.45) is 17.8 Å². The molecule has 2 rings (SSSR count). The summed E-state index contributed by atoms with van der Waals surface area (Å²) in [6.45, 7) is 8.22. The summed E-state index contributed by atoms with van der Waals surface area (Å²) < 4.78 is 5.55. The highest BCUT2D eigenvalue weighted by atomic mass is 16.6. The minimum atomic E-state index is -0.422. The van der Waals surface area contributed by atoms with E-state index in [0.717, 1.165) is 12.8 Å². The van der Waals surface area contributed by atoms with E-state index in [1.54, 1.807) is 24.3 Å². The summed E-state index contributed by atoms with van der Waals surface area (Å²) in [6.07, 6.45) is 1.40. The van der Waals surface area contributed by atoms with Crippen LogP contribution in [0, 0.1) is 17.8 Å². The van der Waals surface area contributed by atoms with Gasteiger partial charge < -0.3 is 4.74 Å². The van der Waals surface area contributed by atoms with Gasteiger partial charge in [-0.25, -0.2) is 4.79 Å². The van der Waals surface area contributed by atoms with E-state index in [1.807, 2.05) is 0 Å². The summed E-state index contributed by atoms with van der Waals surface area (Å²) >= 11 is 0. The Balaban J connectivity index is 1.89. The van der Waals surface area contributed by atoms with Crippen LogP contribution < -0.4 is 5.32 Å². The fraction of sp³-hybridized carbons (Fsp3) is 0.556. The van der Waals surface area contributed by atoms with Gasteiger partial charge in [-0.2, -0.15) is 0 Å². The highest BCUT2D eigenvalue weighted by molar-refractivity contribution is 5.94. The van der Waals surface area contributed by atoms with Gasteiger partial charge in [-0.3, -0.25) is 10.1 Å². The van der Waals surface area contributed by atoms with Gasteiger partial charge in [0.15, 0.2) is 5.78 Å². The number of carbonyl (C=O) groups is 2. The summed E-state index contributed by atoms with van der Waals surface area (Å²) in [6, 6.07) is 6.83. The molecule has 0 aromatic heterocycles. The molecule has 0 radical (unpaired) electrons. The van der Waals surface area contributed by atoms with Crippen LogP contribution in [-0.2, 0) is 4.74 Å². The molecule has 1 saturated carbocycles. The Morgan fingerprint density at radius 3 is 2.09 bits per heavy atom. The number of benzene rings is 1. The third-order valence-corrected chi connectivity index (χ3v) is 4.88. The fourth-order valence-corrected chi connectivity index (χ4v) is 3.10. The van der Waals surface area contributed by atoms with Gasteiger partial charge in [-0.15, -0.1) is 0 Å². The molecule has 1 aliphatic rings. The number of hydrogen-bond acceptors (Lipinski definition) is 3. The van der Waals surface area contributed by atoms with Gasteiger partial charge in [0.05, 0.1) is 0 Å². The number of nitrogens with one attached hydrogen (secondary N) is 1. The summed E-state index contributed by atoms with van der Waals surface area (Å²) in [4.78, 5) is 23.2. The molecule has 4 heteroatoms. The van der Waals surface area contributed by atoms with Gasteiger partial charge in [0.2, 0.25) is 0 Å². The molecule has 0 aliphatic heterocycles. The van der Waals surface area contributed by atoms with E-state index in [2.05, 4.69) is 26.1 Å². The maximum atomic E-state index is 12.0. The van der Waals surface area contributed by atoms with Crippen molar-refractivity contribution in [2.75, 3.05) is 5.32 Å². The van der Waals surface area contributed by atoms with Crippen LogP contribution in [0.25, 0.3) is 0 Å². The van der Waals surface area contributed by atoms with Crippen molar-refractivity contribution < 1.29 is 14.3 Å². The first-order valence-electron chi connectivity index (χ1n) is 7.95. The number of anilines is 1. The van der Waals surface area contributed by atoms with Crippen LogP contribution in [-0.4, -0.2) is 18.0 Å². The third-order valence-electron chi connectivity index (χ3n) is 4.88. The van der Waals surface area contributed by atoms with E-state index >= 15 is 0 Å². The molecule has 2 unspecified atom stereocenters. The topological polar surface area (TPSA) is 55.4 Å². The van der Waals surface area contributed by atoms with E-state index in [4.69, 9.17) is 4.74 Å². The SMILES string of the molecule is CC(=O)c1ccc(NC(=O)OC2CC(C)C(C)C(C)C2)cc1. The predicted molar refractivity (Wildman–Crippen MR) is 87.1 cm³/mol. The summed E-state index contributed by atoms with van der Waals surface area (Å²) in [5.41, 5.74) is 1.27. The number of carbonyl (C=O) groups excluding carboxylic acids is 2. The van der Waals surface area contributed by atoms with Crippen molar-refractivity contribution in [3.8, 4) is 0 Å². The van der Waals surface area contributed by atoms with Gasteiger partial charge >= 0.3 is 6.09 Å². The van der Waals surface area contributed by atoms with Crippen LogP contribution in [0.2, 0.25) is 0 Å². The predicted octanol–water partition coefficient (Wildman–Crippen LogP) is 4.51. The van der Waals surface area contributed by atoms with Crippen molar-refractivity contribution in [3.05, 3.63) is 29.8 Å². The Hall–Kier alpha value is -1.84. The average Bonchev–Trinajstić information content (AvgIpc) is 2.45. The Kier molecular flexibility index (Phi) is 5.22. The minimum absolute atomic E-state index is 0.00780. The molecule has 22 heavy (non-hydrogen) atoms. The molecular formula is C18H25NO3. The second-order valence-electron chi connectivity index (χ2n) is 6.57. The molecule has 1 N–H and O–H groups in total. The molecule has 1 fully saturated rings. The first-order chi connectivity index (χ1) is 10.4. The second kappa shape index (κ2) is 6.95. The number of ketones is 1. The molecule has 4 nitrogen and oxygen atoms in total. The molecule has 0 bridgehead atoms. The Labute approximate surface area is 132 Å². The van der Waals surface area contributed by atoms with Crippen molar-refractivity contribution in [2.45, 2.75) is 46.6 Å². The van der Waals surface area contributed by atoms with E-state index in [1.165, 1.54) is 6.92 Å². The van der Waals surface area contributed by atoms with Gasteiger partial charge in [0.25, 0.3) is 0 Å². The number of ether oxygens (including phenoxy) is 1. The maximum Gasteiger partial charge on any atom is 0.411 e. The van der Waals surface area contributed by atoms with Crippen LogP contribution in [0.4, 0.5) is 10.5 Å². The molecule has 0 heterocycles. The summed E-state index contributed by atoms with van der Waals surface area (Å²) in [7, 11) is 0. The van der Waals surface area contributed by atoms with Crippen LogP contribution in [0.1, 0.15) is 50.9 Å². The van der Waals surface area contributed by atoms with E-state index in [0.29, 0.717) is 29.0 Å². The highest BCUT2D eigenvalue weighted by Gasteiger charge is 2.32. The number of Topliss-reactive ketones (excluding diaryl/α,β-unsaturated/α-hetero) is 1. The molecule has 0 saturated heterocycles. The quantitative estimate of drug-likeness (QED) is 0.836. The zero-order valence-corrected chi connectivity index (χ0v) is 13.8. The van der Waals surface area contributed by atoms with Crippen molar-refractivity contribution in [1.29, 1.82) is 0 Å². The lowest BCUT2D eigenvalue weighted by Crippen LogP contribution is -2.34. The molecule has 120 valence electrons. The molecule has 1 aliphatic carbocycles. The summed E-state index contributed by atoms with van der Waals surface area (Å²) in [5, 5.41) is 2.72. The molecular weight excluding hydrogens is 278 g/mol.